The molecule has 1 aromatic carbocycles. The van der Waals surface area contributed by atoms with Crippen LogP contribution in [0.1, 0.15) is 18.1 Å². The Balaban J connectivity index is 3.35. The first-order valence-electron chi connectivity index (χ1n) is 3.67. The van der Waals surface area contributed by atoms with Crippen LogP contribution >= 0.6 is 0 Å². The molecule has 0 radical (unpaired) electrons. The van der Waals surface area contributed by atoms with Gasteiger partial charge in [-0.25, -0.2) is 17.6 Å². The largest absolute Gasteiger partial charge is 0.273 e. The minimum atomic E-state index is -3.35. The van der Waals surface area contributed by atoms with Gasteiger partial charge < -0.3 is 0 Å². The van der Waals surface area contributed by atoms with Crippen LogP contribution < -0.4 is 0 Å². The van der Waals surface area contributed by atoms with E-state index in [1.807, 2.05) is 0 Å². The van der Waals surface area contributed by atoms with Crippen molar-refractivity contribution < 1.29 is 17.6 Å². The second-order valence-corrected chi connectivity index (χ2v) is 2.95. The van der Waals surface area contributed by atoms with Crippen LogP contribution in [-0.2, 0) is 5.92 Å². The van der Waals surface area contributed by atoms with Crippen molar-refractivity contribution >= 4 is 0 Å². The maximum absolute atomic E-state index is 12.9. The van der Waals surface area contributed by atoms with E-state index in [1.54, 1.807) is 0 Å². The van der Waals surface area contributed by atoms with Gasteiger partial charge in [0.2, 0.25) is 0 Å². The molecule has 0 bridgehead atoms. The van der Waals surface area contributed by atoms with Crippen LogP contribution in [0.2, 0.25) is 0 Å². The lowest BCUT2D eigenvalue weighted by molar-refractivity contribution is 0.0130. The van der Waals surface area contributed by atoms with Gasteiger partial charge in [-0.1, -0.05) is 6.07 Å². The molecule has 0 fully saturated rings. The molecule has 72 valence electrons. The van der Waals surface area contributed by atoms with Crippen molar-refractivity contribution in [1.82, 2.24) is 0 Å². The first-order chi connectivity index (χ1) is 5.84. The molecule has 1 rings (SSSR count). The van der Waals surface area contributed by atoms with Crippen molar-refractivity contribution in [3.05, 3.63) is 34.9 Å². The third kappa shape index (κ3) is 1.82. The normalized spacial score (nSPS) is 11.8. The number of benzene rings is 1. The molecule has 0 nitrogen and oxygen atoms in total. The lowest BCUT2D eigenvalue weighted by Crippen LogP contribution is -2.11. The van der Waals surface area contributed by atoms with Crippen LogP contribution in [0.15, 0.2) is 12.1 Å². The van der Waals surface area contributed by atoms with Crippen LogP contribution in [0.4, 0.5) is 17.6 Å². The first kappa shape index (κ1) is 10.0. The summed E-state index contributed by atoms with van der Waals surface area (Å²) >= 11 is 0. The second-order valence-electron chi connectivity index (χ2n) is 2.95. The molecular weight excluding hydrogens is 184 g/mol. The summed E-state index contributed by atoms with van der Waals surface area (Å²) < 4.78 is 51.0. The van der Waals surface area contributed by atoms with E-state index in [-0.39, 0.29) is 5.56 Å². The standard InChI is InChI=1S/C9H8F4/c1-5-3-4-6(9(2,12)13)8(11)7(5)10/h3-4H,1-2H3. The monoisotopic (exact) mass is 192 g/mol. The van der Waals surface area contributed by atoms with Crippen molar-refractivity contribution in [3.8, 4) is 0 Å². The van der Waals surface area contributed by atoms with Crippen LogP contribution in [0.25, 0.3) is 0 Å². The van der Waals surface area contributed by atoms with Gasteiger partial charge in [0.1, 0.15) is 0 Å². The van der Waals surface area contributed by atoms with Crippen molar-refractivity contribution in [2.75, 3.05) is 0 Å². The summed E-state index contributed by atoms with van der Waals surface area (Å²) in [7, 11) is 0. The minimum Gasteiger partial charge on any atom is -0.203 e. The van der Waals surface area contributed by atoms with E-state index in [0.29, 0.717) is 6.92 Å². The van der Waals surface area contributed by atoms with Gasteiger partial charge in [0.05, 0.1) is 5.56 Å². The van der Waals surface area contributed by atoms with Crippen LogP contribution in [-0.4, -0.2) is 0 Å². The lowest BCUT2D eigenvalue weighted by atomic mass is 10.1. The summed E-state index contributed by atoms with van der Waals surface area (Å²) in [5.74, 6) is -6.02. The molecule has 0 N–H and O–H groups in total. The Morgan fingerprint density at radius 3 is 2.08 bits per heavy atom. The molecule has 0 saturated carbocycles. The van der Waals surface area contributed by atoms with E-state index in [9.17, 15) is 17.6 Å². The number of halogens is 4. The van der Waals surface area contributed by atoms with E-state index >= 15 is 0 Å². The van der Waals surface area contributed by atoms with E-state index in [2.05, 4.69) is 0 Å². The van der Waals surface area contributed by atoms with Crippen LogP contribution in [0.3, 0.4) is 0 Å². The van der Waals surface area contributed by atoms with Gasteiger partial charge in [-0.2, -0.15) is 0 Å². The highest BCUT2D eigenvalue weighted by atomic mass is 19.3. The molecule has 0 aliphatic rings. The van der Waals surface area contributed by atoms with Crippen molar-refractivity contribution in [2.45, 2.75) is 19.8 Å². The third-order valence-electron chi connectivity index (χ3n) is 1.75. The molecule has 13 heavy (non-hydrogen) atoms. The maximum Gasteiger partial charge on any atom is 0.273 e. The fraction of sp³-hybridized carbons (Fsp3) is 0.333. The number of hydrogen-bond acceptors (Lipinski definition) is 0. The fourth-order valence-electron chi connectivity index (χ4n) is 0.985. The van der Waals surface area contributed by atoms with Crippen LogP contribution in [0, 0.1) is 18.6 Å². The lowest BCUT2D eigenvalue weighted by Gasteiger charge is -2.12. The summed E-state index contributed by atoms with van der Waals surface area (Å²) in [6.45, 7) is 1.84. The highest BCUT2D eigenvalue weighted by molar-refractivity contribution is 5.28. The molecular formula is C9H8F4. The van der Waals surface area contributed by atoms with E-state index in [4.69, 9.17) is 0 Å². The predicted octanol–water partition coefficient (Wildman–Crippen LogP) is 3.38. The van der Waals surface area contributed by atoms with Gasteiger partial charge in [0.15, 0.2) is 11.6 Å². The summed E-state index contributed by atoms with van der Waals surface area (Å²) in [6, 6.07) is 2.03. The van der Waals surface area contributed by atoms with E-state index < -0.39 is 23.1 Å². The molecule has 0 aliphatic heterocycles. The number of rotatable bonds is 1. The minimum absolute atomic E-state index is 0.0190. The Hall–Kier alpha value is -1.06. The Morgan fingerprint density at radius 2 is 1.62 bits per heavy atom. The quantitative estimate of drug-likeness (QED) is 0.598. The molecule has 0 unspecified atom stereocenters. The predicted molar refractivity (Wildman–Crippen MR) is 40.7 cm³/mol. The molecule has 0 aliphatic carbocycles. The Morgan fingerprint density at radius 1 is 1.08 bits per heavy atom. The Kier molecular flexibility index (Phi) is 2.32. The zero-order chi connectivity index (χ0) is 10.2. The average molecular weight is 192 g/mol. The van der Waals surface area contributed by atoms with E-state index in [1.165, 1.54) is 6.92 Å². The average Bonchev–Trinajstić information content (AvgIpc) is 1.98. The van der Waals surface area contributed by atoms with Crippen molar-refractivity contribution in [1.29, 1.82) is 0 Å². The highest BCUT2D eigenvalue weighted by Gasteiger charge is 2.30. The second kappa shape index (κ2) is 3.01. The topological polar surface area (TPSA) is 0 Å². The van der Waals surface area contributed by atoms with Gasteiger partial charge in [-0.15, -0.1) is 0 Å². The smallest absolute Gasteiger partial charge is 0.203 e. The number of alkyl halides is 2. The van der Waals surface area contributed by atoms with Gasteiger partial charge in [0.25, 0.3) is 5.92 Å². The molecule has 0 saturated heterocycles. The van der Waals surface area contributed by atoms with Gasteiger partial charge in [-0.05, 0) is 18.6 Å². The number of aryl methyl sites for hydroxylation is 1. The van der Waals surface area contributed by atoms with Gasteiger partial charge in [0, 0.05) is 6.92 Å². The maximum atomic E-state index is 12.9. The van der Waals surface area contributed by atoms with Crippen LogP contribution in [0.5, 0.6) is 0 Å². The third-order valence-corrected chi connectivity index (χ3v) is 1.75. The molecule has 0 heterocycles. The molecule has 4 heteroatoms. The SMILES string of the molecule is Cc1ccc(C(C)(F)F)c(F)c1F. The molecule has 0 aromatic heterocycles. The number of hydrogen-bond donors (Lipinski definition) is 0. The molecule has 0 amide bonds. The molecule has 1 aromatic rings. The molecule has 0 spiro atoms. The highest BCUT2D eigenvalue weighted by Crippen LogP contribution is 2.30. The zero-order valence-electron chi connectivity index (χ0n) is 7.17. The first-order valence-corrected chi connectivity index (χ1v) is 3.67. The van der Waals surface area contributed by atoms with Gasteiger partial charge >= 0.3 is 0 Å². The van der Waals surface area contributed by atoms with Crippen molar-refractivity contribution in [2.24, 2.45) is 0 Å². The Bertz CT molecular complexity index is 325. The Labute approximate surface area is 73.2 Å². The summed E-state index contributed by atoms with van der Waals surface area (Å²) in [6.07, 6.45) is 0. The zero-order valence-corrected chi connectivity index (χ0v) is 7.17. The molecule has 0 atom stereocenters. The summed E-state index contributed by atoms with van der Waals surface area (Å²) in [5.41, 5.74) is -0.888. The van der Waals surface area contributed by atoms with E-state index in [0.717, 1.165) is 12.1 Å². The summed E-state index contributed by atoms with van der Waals surface area (Å²) in [4.78, 5) is 0. The fourth-order valence-corrected chi connectivity index (χ4v) is 0.985. The van der Waals surface area contributed by atoms with Crippen molar-refractivity contribution in [3.63, 3.8) is 0 Å². The van der Waals surface area contributed by atoms with Gasteiger partial charge in [-0.3, -0.25) is 0 Å². The summed E-state index contributed by atoms with van der Waals surface area (Å²) in [5, 5.41) is 0.